The lowest BCUT2D eigenvalue weighted by molar-refractivity contribution is 0.636. The third-order valence-corrected chi connectivity index (χ3v) is 2.19. The quantitative estimate of drug-likeness (QED) is 0.680. The number of thiophene rings is 1. The van der Waals surface area contributed by atoms with Gasteiger partial charge in [0.2, 0.25) is 0 Å². The number of anilines is 1. The molecule has 1 heterocycles. The zero-order valence-electron chi connectivity index (χ0n) is 7.56. The summed E-state index contributed by atoms with van der Waals surface area (Å²) in [5.41, 5.74) is 1.51. The van der Waals surface area contributed by atoms with Gasteiger partial charge in [-0.1, -0.05) is 0 Å². The van der Waals surface area contributed by atoms with Crippen molar-refractivity contribution >= 4 is 16.3 Å². The third-order valence-electron chi connectivity index (χ3n) is 1.23. The van der Waals surface area contributed by atoms with E-state index >= 15 is 0 Å². The molecule has 0 saturated carbocycles. The van der Waals surface area contributed by atoms with Gasteiger partial charge in [-0.3, -0.25) is 0 Å². The van der Waals surface area contributed by atoms with Gasteiger partial charge in [-0.25, -0.2) is 0 Å². The van der Waals surface area contributed by atoms with Crippen LogP contribution in [-0.4, -0.2) is 5.54 Å². The summed E-state index contributed by atoms with van der Waals surface area (Å²) in [5.74, 6) is 0. The molecule has 0 radical (unpaired) electrons. The molecule has 0 amide bonds. The molecule has 1 N–H and O–H groups in total. The predicted octanol–water partition coefficient (Wildman–Crippen LogP) is 3.27. The SMILES string of the molecule is Cc1csc(NC(C)(C)C)c1. The van der Waals surface area contributed by atoms with E-state index in [0.29, 0.717) is 0 Å². The lowest BCUT2D eigenvalue weighted by Crippen LogP contribution is -2.25. The van der Waals surface area contributed by atoms with E-state index in [1.54, 1.807) is 11.3 Å². The van der Waals surface area contributed by atoms with Crippen molar-refractivity contribution in [3.8, 4) is 0 Å². The summed E-state index contributed by atoms with van der Waals surface area (Å²) in [6, 6.07) is 2.18. The molecule has 0 bridgehead atoms. The first-order valence-corrected chi connectivity index (χ1v) is 4.69. The molecule has 0 aliphatic heterocycles. The van der Waals surface area contributed by atoms with Crippen molar-refractivity contribution in [2.75, 3.05) is 5.32 Å². The van der Waals surface area contributed by atoms with Crippen LogP contribution in [0.2, 0.25) is 0 Å². The van der Waals surface area contributed by atoms with Gasteiger partial charge in [-0.05, 0) is 44.7 Å². The average Bonchev–Trinajstić information content (AvgIpc) is 2.10. The first kappa shape index (κ1) is 8.60. The molecule has 1 aromatic rings. The molecule has 1 nitrogen and oxygen atoms in total. The Morgan fingerprint density at radius 3 is 2.36 bits per heavy atom. The van der Waals surface area contributed by atoms with Gasteiger partial charge in [0.15, 0.2) is 0 Å². The van der Waals surface area contributed by atoms with Gasteiger partial charge >= 0.3 is 0 Å². The number of hydrogen-bond acceptors (Lipinski definition) is 2. The zero-order chi connectivity index (χ0) is 8.48. The van der Waals surface area contributed by atoms with Gasteiger partial charge in [0, 0.05) is 5.54 Å². The Hall–Kier alpha value is -0.500. The second kappa shape index (κ2) is 2.86. The second-order valence-corrected chi connectivity index (χ2v) is 4.77. The number of hydrogen-bond donors (Lipinski definition) is 1. The van der Waals surface area contributed by atoms with Crippen molar-refractivity contribution in [3.05, 3.63) is 17.0 Å². The topological polar surface area (TPSA) is 12.0 Å². The van der Waals surface area contributed by atoms with Crippen LogP contribution in [-0.2, 0) is 0 Å². The Labute approximate surface area is 72.4 Å². The number of rotatable bonds is 1. The summed E-state index contributed by atoms with van der Waals surface area (Å²) < 4.78 is 0. The van der Waals surface area contributed by atoms with Crippen LogP contribution in [0.1, 0.15) is 26.3 Å². The molecule has 1 rings (SSSR count). The molecule has 2 heteroatoms. The molecule has 0 saturated heterocycles. The normalized spacial score (nSPS) is 11.6. The fraction of sp³-hybridized carbons (Fsp3) is 0.556. The van der Waals surface area contributed by atoms with Gasteiger partial charge in [-0.15, -0.1) is 11.3 Å². The van der Waals surface area contributed by atoms with Gasteiger partial charge in [0.1, 0.15) is 0 Å². The van der Waals surface area contributed by atoms with Crippen molar-refractivity contribution in [3.63, 3.8) is 0 Å². The van der Waals surface area contributed by atoms with Crippen LogP contribution in [0.15, 0.2) is 11.4 Å². The average molecular weight is 169 g/mol. The largest absolute Gasteiger partial charge is 0.372 e. The predicted molar refractivity (Wildman–Crippen MR) is 52.4 cm³/mol. The summed E-state index contributed by atoms with van der Waals surface area (Å²) in [7, 11) is 0. The molecule has 0 spiro atoms. The van der Waals surface area contributed by atoms with Crippen molar-refractivity contribution in [2.45, 2.75) is 33.2 Å². The van der Waals surface area contributed by atoms with Crippen LogP contribution < -0.4 is 5.32 Å². The van der Waals surface area contributed by atoms with E-state index in [0.717, 1.165) is 0 Å². The number of nitrogens with one attached hydrogen (secondary N) is 1. The third kappa shape index (κ3) is 2.93. The van der Waals surface area contributed by atoms with Crippen molar-refractivity contribution in [1.29, 1.82) is 0 Å². The Balaban J connectivity index is 2.65. The maximum absolute atomic E-state index is 3.42. The molecule has 1 aromatic heterocycles. The minimum atomic E-state index is 0.178. The maximum Gasteiger partial charge on any atom is 0.0889 e. The minimum Gasteiger partial charge on any atom is -0.372 e. The molecule has 0 atom stereocenters. The fourth-order valence-corrected chi connectivity index (χ4v) is 1.87. The fourth-order valence-electron chi connectivity index (χ4n) is 0.866. The van der Waals surface area contributed by atoms with Crippen LogP contribution in [0, 0.1) is 6.92 Å². The monoisotopic (exact) mass is 169 g/mol. The molecule has 0 aromatic carbocycles. The number of aryl methyl sites for hydroxylation is 1. The highest BCUT2D eigenvalue weighted by Gasteiger charge is 2.09. The lowest BCUT2D eigenvalue weighted by atomic mass is 10.1. The van der Waals surface area contributed by atoms with E-state index in [9.17, 15) is 0 Å². The van der Waals surface area contributed by atoms with Gasteiger partial charge in [0.05, 0.1) is 5.00 Å². The highest BCUT2D eigenvalue weighted by molar-refractivity contribution is 7.14. The van der Waals surface area contributed by atoms with Crippen LogP contribution in [0.4, 0.5) is 5.00 Å². The van der Waals surface area contributed by atoms with E-state index < -0.39 is 0 Å². The Bertz CT molecular complexity index is 232. The molecule has 62 valence electrons. The Kier molecular flexibility index (Phi) is 2.23. The lowest BCUT2D eigenvalue weighted by Gasteiger charge is -2.20. The molecule has 0 aliphatic rings. The van der Waals surface area contributed by atoms with Gasteiger partial charge in [-0.2, -0.15) is 0 Å². The van der Waals surface area contributed by atoms with Crippen molar-refractivity contribution in [2.24, 2.45) is 0 Å². The van der Waals surface area contributed by atoms with E-state index in [1.165, 1.54) is 10.6 Å². The molecule has 0 unspecified atom stereocenters. The maximum atomic E-state index is 3.42. The minimum absolute atomic E-state index is 0.178. The van der Waals surface area contributed by atoms with Crippen molar-refractivity contribution < 1.29 is 0 Å². The Morgan fingerprint density at radius 1 is 1.36 bits per heavy atom. The summed E-state index contributed by atoms with van der Waals surface area (Å²) in [5, 5.41) is 6.84. The van der Waals surface area contributed by atoms with E-state index in [1.807, 2.05) is 0 Å². The van der Waals surface area contributed by atoms with Crippen LogP contribution in [0.25, 0.3) is 0 Å². The Morgan fingerprint density at radius 2 is 2.00 bits per heavy atom. The summed E-state index contributed by atoms with van der Waals surface area (Å²) in [4.78, 5) is 0. The zero-order valence-corrected chi connectivity index (χ0v) is 8.38. The molecular formula is C9H15NS. The first-order valence-electron chi connectivity index (χ1n) is 3.81. The van der Waals surface area contributed by atoms with Crippen LogP contribution >= 0.6 is 11.3 Å². The van der Waals surface area contributed by atoms with Crippen LogP contribution in [0.3, 0.4) is 0 Å². The first-order chi connectivity index (χ1) is 4.97. The molecule has 11 heavy (non-hydrogen) atoms. The summed E-state index contributed by atoms with van der Waals surface area (Å²) >= 11 is 1.77. The van der Waals surface area contributed by atoms with E-state index in [4.69, 9.17) is 0 Å². The highest BCUT2D eigenvalue weighted by atomic mass is 32.1. The van der Waals surface area contributed by atoms with Gasteiger partial charge in [0.25, 0.3) is 0 Å². The van der Waals surface area contributed by atoms with Crippen LogP contribution in [0.5, 0.6) is 0 Å². The molecular weight excluding hydrogens is 154 g/mol. The molecule has 0 fully saturated rings. The van der Waals surface area contributed by atoms with E-state index in [-0.39, 0.29) is 5.54 Å². The second-order valence-electron chi connectivity index (χ2n) is 3.86. The summed E-state index contributed by atoms with van der Waals surface area (Å²) in [6.45, 7) is 8.62. The highest BCUT2D eigenvalue weighted by Crippen LogP contribution is 2.22. The van der Waals surface area contributed by atoms with Gasteiger partial charge < -0.3 is 5.32 Å². The smallest absolute Gasteiger partial charge is 0.0889 e. The van der Waals surface area contributed by atoms with E-state index in [2.05, 4.69) is 44.5 Å². The molecule has 0 aliphatic carbocycles. The summed E-state index contributed by atoms with van der Waals surface area (Å²) in [6.07, 6.45) is 0. The standard InChI is InChI=1S/C9H15NS/c1-7-5-8(11-6-7)10-9(2,3)4/h5-6,10H,1-4H3. The van der Waals surface area contributed by atoms with Crippen molar-refractivity contribution in [1.82, 2.24) is 0 Å².